The number of rotatable bonds is 6. The van der Waals surface area contributed by atoms with Gasteiger partial charge in [0.05, 0.1) is 12.0 Å². The normalized spacial score (nSPS) is 14.5. The van der Waals surface area contributed by atoms with E-state index in [0.717, 1.165) is 16.8 Å². The lowest BCUT2D eigenvalue weighted by atomic mass is 10.1. The monoisotopic (exact) mass is 453 g/mol. The summed E-state index contributed by atoms with van der Waals surface area (Å²) in [5, 5.41) is 19.8. The lowest BCUT2D eigenvalue weighted by Crippen LogP contribution is -2.19. The Bertz CT molecular complexity index is 1560. The van der Waals surface area contributed by atoms with Crippen LogP contribution in [-0.2, 0) is 0 Å². The van der Waals surface area contributed by atoms with Crippen molar-refractivity contribution in [3.63, 3.8) is 0 Å². The third-order valence-corrected chi connectivity index (χ3v) is 6.26. The first-order chi connectivity index (χ1) is 16.6. The first-order valence-corrected chi connectivity index (χ1v) is 11.4. The van der Waals surface area contributed by atoms with Gasteiger partial charge in [0.25, 0.3) is 5.56 Å². The molecule has 1 saturated carbocycles. The molecule has 1 atom stereocenters. The highest BCUT2D eigenvalue weighted by molar-refractivity contribution is 5.83. The summed E-state index contributed by atoms with van der Waals surface area (Å²) < 4.78 is 5.06. The molecule has 0 saturated heterocycles. The maximum absolute atomic E-state index is 13.5. The molecule has 1 aromatic carbocycles. The molecule has 0 amide bonds. The fourth-order valence-electron chi connectivity index (χ4n) is 4.16. The third-order valence-electron chi connectivity index (χ3n) is 6.26. The fourth-order valence-corrected chi connectivity index (χ4v) is 4.16. The van der Waals surface area contributed by atoms with E-state index in [0.29, 0.717) is 35.1 Å². The molecule has 9 heteroatoms. The first-order valence-electron chi connectivity index (χ1n) is 11.4. The van der Waals surface area contributed by atoms with Gasteiger partial charge in [0, 0.05) is 29.4 Å². The molecule has 1 aliphatic rings. The Morgan fingerprint density at radius 1 is 1.15 bits per heavy atom. The van der Waals surface area contributed by atoms with Crippen LogP contribution < -0.4 is 5.56 Å². The number of aliphatic hydroxyl groups excluding tert-OH is 1. The van der Waals surface area contributed by atoms with E-state index in [-0.39, 0.29) is 5.56 Å². The van der Waals surface area contributed by atoms with Crippen LogP contribution in [0, 0.1) is 0 Å². The van der Waals surface area contributed by atoms with E-state index < -0.39 is 6.23 Å². The zero-order chi connectivity index (χ0) is 23.2. The van der Waals surface area contributed by atoms with Crippen LogP contribution in [0.1, 0.15) is 44.0 Å². The molecule has 4 heterocycles. The summed E-state index contributed by atoms with van der Waals surface area (Å²) in [6.45, 7) is 1.87. The summed E-state index contributed by atoms with van der Waals surface area (Å²) in [5.41, 5.74) is 2.36. The number of hydrogen-bond donors (Lipinski definition) is 1. The molecule has 4 aromatic heterocycles. The lowest BCUT2D eigenvalue weighted by molar-refractivity contribution is 0.101. The number of aliphatic hydroxyl groups is 1. The van der Waals surface area contributed by atoms with Crippen molar-refractivity contribution in [2.75, 3.05) is 0 Å². The van der Waals surface area contributed by atoms with Crippen LogP contribution in [0.15, 0.2) is 72.3 Å². The van der Waals surface area contributed by atoms with Gasteiger partial charge in [0.1, 0.15) is 24.1 Å². The van der Waals surface area contributed by atoms with Crippen molar-refractivity contribution >= 4 is 10.8 Å². The lowest BCUT2D eigenvalue weighted by Gasteiger charge is -2.13. The van der Waals surface area contributed by atoms with Crippen molar-refractivity contribution in [3.05, 3.63) is 83.6 Å². The van der Waals surface area contributed by atoms with Gasteiger partial charge < -0.3 is 9.67 Å². The summed E-state index contributed by atoms with van der Waals surface area (Å²) >= 11 is 0. The van der Waals surface area contributed by atoms with E-state index in [1.807, 2.05) is 54.3 Å². The number of hydrogen-bond acceptors (Lipinski definition) is 6. The van der Waals surface area contributed by atoms with Crippen LogP contribution in [0.5, 0.6) is 0 Å². The van der Waals surface area contributed by atoms with Gasteiger partial charge in [-0.2, -0.15) is 0 Å². The largest absolute Gasteiger partial charge is 0.373 e. The second-order valence-electron chi connectivity index (χ2n) is 8.57. The van der Waals surface area contributed by atoms with Crippen molar-refractivity contribution in [1.82, 2.24) is 33.9 Å². The standard InChI is InChI=1S/C25H23N7O2/c1-2-23(33)32-15-27-29-24(32)20-4-3-5-22(28-20)31-11-10-16-8-9-18(12-19(16)25(31)34)30-13-21(26-14-30)17-6-7-17/h3-5,8-15,17,23,33H,2,6-7H2,1H3. The number of benzene rings is 1. The van der Waals surface area contributed by atoms with E-state index in [1.54, 1.807) is 22.9 Å². The Morgan fingerprint density at radius 3 is 2.85 bits per heavy atom. The molecule has 34 heavy (non-hydrogen) atoms. The van der Waals surface area contributed by atoms with Gasteiger partial charge in [0.2, 0.25) is 0 Å². The van der Waals surface area contributed by atoms with Crippen LogP contribution in [0.4, 0.5) is 0 Å². The van der Waals surface area contributed by atoms with Gasteiger partial charge in [0.15, 0.2) is 5.82 Å². The Labute approximate surface area is 195 Å². The predicted octanol–water partition coefficient (Wildman–Crippen LogP) is 3.61. The fraction of sp³-hybridized carbons (Fsp3) is 0.240. The van der Waals surface area contributed by atoms with E-state index in [1.165, 1.54) is 23.7 Å². The zero-order valence-corrected chi connectivity index (χ0v) is 18.6. The van der Waals surface area contributed by atoms with Crippen LogP contribution in [0.2, 0.25) is 0 Å². The molecule has 0 radical (unpaired) electrons. The summed E-state index contributed by atoms with van der Waals surface area (Å²) in [6, 6.07) is 13.1. The van der Waals surface area contributed by atoms with Crippen LogP contribution in [0.25, 0.3) is 33.8 Å². The highest BCUT2D eigenvalue weighted by Gasteiger charge is 2.25. The highest BCUT2D eigenvalue weighted by atomic mass is 16.3. The van der Waals surface area contributed by atoms with Gasteiger partial charge in [-0.25, -0.2) is 9.97 Å². The van der Waals surface area contributed by atoms with E-state index >= 15 is 0 Å². The van der Waals surface area contributed by atoms with Crippen LogP contribution in [0.3, 0.4) is 0 Å². The molecule has 5 aromatic rings. The van der Waals surface area contributed by atoms with E-state index in [9.17, 15) is 9.90 Å². The molecular weight excluding hydrogens is 430 g/mol. The average molecular weight is 454 g/mol. The minimum Gasteiger partial charge on any atom is -0.373 e. The highest BCUT2D eigenvalue weighted by Crippen LogP contribution is 2.39. The van der Waals surface area contributed by atoms with E-state index in [4.69, 9.17) is 0 Å². The number of imidazole rings is 1. The quantitative estimate of drug-likeness (QED) is 0.421. The molecule has 6 rings (SSSR count). The van der Waals surface area contributed by atoms with Crippen LogP contribution in [-0.4, -0.2) is 39.0 Å². The van der Waals surface area contributed by atoms with Gasteiger partial charge in [-0.15, -0.1) is 10.2 Å². The molecule has 170 valence electrons. The zero-order valence-electron chi connectivity index (χ0n) is 18.6. The molecule has 9 nitrogen and oxygen atoms in total. The summed E-state index contributed by atoms with van der Waals surface area (Å²) in [4.78, 5) is 22.7. The first kappa shape index (κ1) is 20.5. The summed E-state index contributed by atoms with van der Waals surface area (Å²) in [6.07, 6.45) is 9.21. The van der Waals surface area contributed by atoms with Gasteiger partial charge >= 0.3 is 0 Å². The predicted molar refractivity (Wildman–Crippen MR) is 127 cm³/mol. The number of nitrogens with zero attached hydrogens (tertiary/aromatic N) is 7. The number of aromatic nitrogens is 7. The molecule has 0 aliphatic heterocycles. The Morgan fingerprint density at radius 2 is 2.03 bits per heavy atom. The Kier molecular flexibility index (Phi) is 4.84. The molecule has 1 N–H and O–H groups in total. The van der Waals surface area contributed by atoms with Gasteiger partial charge in [-0.3, -0.25) is 13.9 Å². The van der Waals surface area contributed by atoms with Crippen molar-refractivity contribution in [1.29, 1.82) is 0 Å². The molecule has 0 bridgehead atoms. The van der Waals surface area contributed by atoms with E-state index in [2.05, 4.69) is 20.2 Å². The maximum atomic E-state index is 13.5. The molecular formula is C25H23N7O2. The molecule has 1 fully saturated rings. The topological polar surface area (TPSA) is 104 Å². The smallest absolute Gasteiger partial charge is 0.264 e. The Balaban J connectivity index is 1.41. The van der Waals surface area contributed by atoms with Crippen molar-refractivity contribution in [2.24, 2.45) is 0 Å². The molecule has 1 unspecified atom stereocenters. The summed E-state index contributed by atoms with van der Waals surface area (Å²) in [5.74, 6) is 1.48. The number of pyridine rings is 2. The minimum atomic E-state index is -0.749. The average Bonchev–Trinajstić information content (AvgIpc) is 3.39. The third kappa shape index (κ3) is 3.50. The number of fused-ring (bicyclic) bond motifs is 1. The second-order valence-corrected chi connectivity index (χ2v) is 8.57. The second kappa shape index (κ2) is 8.03. The van der Waals surface area contributed by atoms with Crippen molar-refractivity contribution in [3.8, 4) is 23.0 Å². The van der Waals surface area contributed by atoms with Gasteiger partial charge in [-0.05, 0) is 55.0 Å². The van der Waals surface area contributed by atoms with Crippen molar-refractivity contribution in [2.45, 2.75) is 38.3 Å². The van der Waals surface area contributed by atoms with Gasteiger partial charge in [-0.1, -0.05) is 19.1 Å². The minimum absolute atomic E-state index is 0.165. The summed E-state index contributed by atoms with van der Waals surface area (Å²) in [7, 11) is 0. The maximum Gasteiger partial charge on any atom is 0.264 e. The van der Waals surface area contributed by atoms with Crippen molar-refractivity contribution < 1.29 is 5.11 Å². The SMILES string of the molecule is CCC(O)n1cnnc1-c1cccc(-n2ccc3ccc(-n4cnc(C5CC5)c4)cc3c2=O)n1. The molecule has 1 aliphatic carbocycles. The molecule has 0 spiro atoms. The van der Waals surface area contributed by atoms with Crippen LogP contribution >= 0.6 is 0 Å². The Hall–Kier alpha value is -4.11.